The first-order valence-electron chi connectivity index (χ1n) is 7.21. The Morgan fingerprint density at radius 2 is 1.75 bits per heavy atom. The molecule has 0 spiro atoms. The lowest BCUT2D eigenvalue weighted by molar-refractivity contribution is -0.120. The molecule has 1 amide bonds. The number of hydrogen-bond donors (Lipinski definition) is 1. The Morgan fingerprint density at radius 1 is 1.04 bits per heavy atom. The third kappa shape index (κ3) is 3.93. The zero-order valence-corrected chi connectivity index (χ0v) is 14.0. The van der Waals surface area contributed by atoms with E-state index in [9.17, 15) is 4.79 Å². The van der Waals surface area contributed by atoms with Crippen molar-refractivity contribution in [2.75, 3.05) is 0 Å². The normalized spacial score (nSPS) is 10.6. The minimum atomic E-state index is -0.232. The van der Waals surface area contributed by atoms with Crippen LogP contribution in [0.25, 0.3) is 11.4 Å². The predicted octanol–water partition coefficient (Wildman–Crippen LogP) is 3.90. The van der Waals surface area contributed by atoms with Crippen molar-refractivity contribution in [3.05, 3.63) is 70.0 Å². The van der Waals surface area contributed by atoms with Crippen LogP contribution in [0.15, 0.2) is 53.1 Å². The van der Waals surface area contributed by atoms with E-state index >= 15 is 0 Å². The number of nitrogens with zero attached hydrogens (tertiary/aromatic N) is 2. The first-order chi connectivity index (χ1) is 11.6. The second-order valence-electron chi connectivity index (χ2n) is 5.03. The van der Waals surface area contributed by atoms with Crippen molar-refractivity contribution in [1.29, 1.82) is 0 Å². The average Bonchev–Trinajstić information content (AvgIpc) is 3.06. The highest BCUT2D eigenvalue weighted by molar-refractivity contribution is 6.36. The summed E-state index contributed by atoms with van der Waals surface area (Å²) in [5.74, 6) is 0.575. The summed E-state index contributed by atoms with van der Waals surface area (Å²) in [4.78, 5) is 16.3. The van der Waals surface area contributed by atoms with Crippen molar-refractivity contribution in [1.82, 2.24) is 15.5 Å². The number of nitrogens with one attached hydrogen (secondary N) is 1. The molecule has 0 bridgehead atoms. The minimum absolute atomic E-state index is 0.0815. The summed E-state index contributed by atoms with van der Waals surface area (Å²) in [6, 6.07) is 14.6. The largest absolute Gasteiger partial charge is 0.347 e. The zero-order chi connectivity index (χ0) is 16.9. The molecule has 0 unspecified atom stereocenters. The Labute approximate surface area is 148 Å². The lowest BCUT2D eigenvalue weighted by atomic mass is 10.1. The molecule has 1 N–H and O–H groups in total. The van der Waals surface area contributed by atoms with Gasteiger partial charge in [-0.05, 0) is 17.7 Å². The first-order valence-corrected chi connectivity index (χ1v) is 7.96. The van der Waals surface area contributed by atoms with Crippen LogP contribution in [-0.2, 0) is 17.8 Å². The molecule has 1 heterocycles. The molecule has 5 nitrogen and oxygen atoms in total. The molecule has 1 aromatic heterocycles. The summed E-state index contributed by atoms with van der Waals surface area (Å²) in [5, 5.41) is 7.53. The smallest absolute Gasteiger partial charge is 0.246 e. The summed E-state index contributed by atoms with van der Waals surface area (Å²) in [5.41, 5.74) is 1.44. The van der Waals surface area contributed by atoms with Gasteiger partial charge in [0.25, 0.3) is 0 Å². The maximum absolute atomic E-state index is 12.0. The Morgan fingerprint density at radius 3 is 2.46 bits per heavy atom. The van der Waals surface area contributed by atoms with Crippen LogP contribution in [0, 0.1) is 0 Å². The summed E-state index contributed by atoms with van der Waals surface area (Å²) in [7, 11) is 0. The number of amides is 1. The Kier molecular flexibility index (Phi) is 5.13. The van der Waals surface area contributed by atoms with Gasteiger partial charge in [0, 0.05) is 15.6 Å². The molecule has 24 heavy (non-hydrogen) atoms. The van der Waals surface area contributed by atoms with E-state index in [1.807, 2.05) is 30.3 Å². The summed E-state index contributed by atoms with van der Waals surface area (Å²) >= 11 is 12.1. The number of carbonyl (C=O) groups is 1. The second-order valence-corrected chi connectivity index (χ2v) is 5.85. The third-order valence-electron chi connectivity index (χ3n) is 3.34. The van der Waals surface area contributed by atoms with E-state index in [2.05, 4.69) is 15.5 Å². The van der Waals surface area contributed by atoms with Crippen molar-refractivity contribution in [3.8, 4) is 11.4 Å². The number of hydrogen-bond acceptors (Lipinski definition) is 4. The summed E-state index contributed by atoms with van der Waals surface area (Å²) in [6.45, 7) is 0.140. The van der Waals surface area contributed by atoms with E-state index < -0.39 is 0 Å². The van der Waals surface area contributed by atoms with Crippen LogP contribution >= 0.6 is 23.2 Å². The van der Waals surface area contributed by atoms with Gasteiger partial charge in [-0.15, -0.1) is 0 Å². The molecular weight excluding hydrogens is 349 g/mol. The maximum atomic E-state index is 12.0. The molecule has 0 radical (unpaired) electrons. The van der Waals surface area contributed by atoms with Crippen molar-refractivity contribution >= 4 is 29.1 Å². The minimum Gasteiger partial charge on any atom is -0.347 e. The average molecular weight is 362 g/mol. The fourth-order valence-electron chi connectivity index (χ4n) is 2.13. The van der Waals surface area contributed by atoms with Crippen molar-refractivity contribution < 1.29 is 9.32 Å². The van der Waals surface area contributed by atoms with Gasteiger partial charge in [0.1, 0.15) is 0 Å². The van der Waals surface area contributed by atoms with Gasteiger partial charge < -0.3 is 9.84 Å². The van der Waals surface area contributed by atoms with Crippen LogP contribution in [0.2, 0.25) is 10.0 Å². The standard InChI is InChI=1S/C17H13Cl2N3O2/c18-13-7-4-8-14(19)12(13)9-15(23)20-10-16-21-17(22-24-16)11-5-2-1-3-6-11/h1-8H,9-10H2,(H,20,23). The molecule has 3 rings (SSSR count). The number of carbonyl (C=O) groups excluding carboxylic acids is 1. The van der Waals surface area contributed by atoms with E-state index in [0.717, 1.165) is 5.56 Å². The number of benzene rings is 2. The molecule has 0 aliphatic rings. The van der Waals surface area contributed by atoms with Gasteiger partial charge in [-0.1, -0.05) is 64.8 Å². The molecule has 0 saturated heterocycles. The van der Waals surface area contributed by atoms with Crippen LogP contribution in [0.4, 0.5) is 0 Å². The van der Waals surface area contributed by atoms with Gasteiger partial charge in [0.2, 0.25) is 17.6 Å². The van der Waals surface area contributed by atoms with E-state index in [-0.39, 0.29) is 18.9 Å². The van der Waals surface area contributed by atoms with Gasteiger partial charge in [-0.3, -0.25) is 4.79 Å². The Bertz CT molecular complexity index is 830. The van der Waals surface area contributed by atoms with Crippen molar-refractivity contribution in [2.24, 2.45) is 0 Å². The maximum Gasteiger partial charge on any atom is 0.246 e. The van der Waals surface area contributed by atoms with Crippen molar-refractivity contribution in [2.45, 2.75) is 13.0 Å². The number of aromatic nitrogens is 2. The van der Waals surface area contributed by atoms with Crippen LogP contribution in [0.3, 0.4) is 0 Å². The van der Waals surface area contributed by atoms with Crippen LogP contribution in [-0.4, -0.2) is 16.0 Å². The lowest BCUT2D eigenvalue weighted by Gasteiger charge is -2.06. The van der Waals surface area contributed by atoms with Crippen molar-refractivity contribution in [3.63, 3.8) is 0 Å². The van der Waals surface area contributed by atoms with Gasteiger partial charge in [0.15, 0.2) is 0 Å². The van der Waals surface area contributed by atoms with Crippen LogP contribution in [0.5, 0.6) is 0 Å². The van der Waals surface area contributed by atoms with Crippen LogP contribution < -0.4 is 5.32 Å². The Hall–Kier alpha value is -2.37. The molecule has 7 heteroatoms. The molecule has 3 aromatic rings. The lowest BCUT2D eigenvalue weighted by Crippen LogP contribution is -2.25. The van der Waals surface area contributed by atoms with E-state index in [4.69, 9.17) is 27.7 Å². The summed E-state index contributed by atoms with van der Waals surface area (Å²) in [6.07, 6.45) is 0.0815. The molecule has 2 aromatic carbocycles. The first kappa shape index (κ1) is 16.5. The summed E-state index contributed by atoms with van der Waals surface area (Å²) < 4.78 is 5.14. The predicted molar refractivity (Wildman–Crippen MR) is 91.7 cm³/mol. The molecule has 0 aliphatic carbocycles. The second kappa shape index (κ2) is 7.47. The van der Waals surface area contributed by atoms with E-state index in [1.54, 1.807) is 18.2 Å². The van der Waals surface area contributed by atoms with Gasteiger partial charge in [0.05, 0.1) is 13.0 Å². The molecular formula is C17H13Cl2N3O2. The fourth-order valence-corrected chi connectivity index (χ4v) is 2.66. The molecule has 0 fully saturated rings. The quantitative estimate of drug-likeness (QED) is 0.748. The third-order valence-corrected chi connectivity index (χ3v) is 4.04. The molecule has 0 atom stereocenters. The van der Waals surface area contributed by atoms with E-state index in [0.29, 0.717) is 27.3 Å². The topological polar surface area (TPSA) is 68.0 Å². The Balaban J connectivity index is 1.60. The SMILES string of the molecule is O=C(Cc1c(Cl)cccc1Cl)NCc1nc(-c2ccccc2)no1. The zero-order valence-electron chi connectivity index (χ0n) is 12.5. The monoisotopic (exact) mass is 361 g/mol. The van der Waals surface area contributed by atoms with Gasteiger partial charge in [-0.25, -0.2) is 0 Å². The number of rotatable bonds is 5. The van der Waals surface area contributed by atoms with Crippen LogP contribution in [0.1, 0.15) is 11.5 Å². The molecule has 0 saturated carbocycles. The van der Waals surface area contributed by atoms with Gasteiger partial charge >= 0.3 is 0 Å². The molecule has 122 valence electrons. The van der Waals surface area contributed by atoms with E-state index in [1.165, 1.54) is 0 Å². The highest BCUT2D eigenvalue weighted by Gasteiger charge is 2.13. The number of halogens is 2. The fraction of sp³-hybridized carbons (Fsp3) is 0.118. The highest BCUT2D eigenvalue weighted by Crippen LogP contribution is 2.24. The van der Waals surface area contributed by atoms with Gasteiger partial charge in [-0.2, -0.15) is 4.98 Å². The highest BCUT2D eigenvalue weighted by atomic mass is 35.5. The molecule has 0 aliphatic heterocycles.